The molecule has 0 radical (unpaired) electrons. The summed E-state index contributed by atoms with van der Waals surface area (Å²) in [6.45, 7) is 2.03. The average Bonchev–Trinajstić information content (AvgIpc) is 1.85. The minimum absolute atomic E-state index is 0.193. The number of hydrogen-bond acceptors (Lipinski definition) is 3. The molecule has 1 aliphatic rings. The van der Waals surface area contributed by atoms with Gasteiger partial charge in [0.15, 0.2) is 0 Å². The van der Waals surface area contributed by atoms with Crippen molar-refractivity contribution >= 4 is 0 Å². The van der Waals surface area contributed by atoms with E-state index in [1.54, 1.807) is 0 Å². The van der Waals surface area contributed by atoms with Crippen molar-refractivity contribution in [2.45, 2.75) is 44.4 Å². The zero-order valence-electron chi connectivity index (χ0n) is 6.75. The van der Waals surface area contributed by atoms with Crippen LogP contribution in [0.2, 0.25) is 0 Å². The first-order valence-electron chi connectivity index (χ1n) is 4.03. The van der Waals surface area contributed by atoms with Crippen LogP contribution in [-0.4, -0.2) is 23.3 Å². The van der Waals surface area contributed by atoms with Gasteiger partial charge < -0.3 is 10.4 Å². The number of aliphatic hydroxyl groups excluding tert-OH is 1. The third-order valence-electron chi connectivity index (χ3n) is 2.04. The predicted molar refractivity (Wildman–Crippen MR) is 41.9 cm³/mol. The summed E-state index contributed by atoms with van der Waals surface area (Å²) in [5, 5.41) is 21.0. The third kappa shape index (κ3) is 2.49. The lowest BCUT2D eigenvalue weighted by atomic mass is 9.95. The molecule has 0 saturated carbocycles. The Balaban J connectivity index is 2.38. The minimum atomic E-state index is -0.218. The summed E-state index contributed by atoms with van der Waals surface area (Å²) in [6, 6.07) is 2.64. The standard InChI is InChI=1S/C8H14N2O/c1-6-4-8(11)5-7(10-6)2-3-9/h6-8,10-11H,2,4-5H2,1H3. The molecule has 0 aliphatic carbocycles. The van der Waals surface area contributed by atoms with Gasteiger partial charge >= 0.3 is 0 Å². The highest BCUT2D eigenvalue weighted by molar-refractivity contribution is 4.88. The van der Waals surface area contributed by atoms with E-state index in [2.05, 4.69) is 11.4 Å². The summed E-state index contributed by atoms with van der Waals surface area (Å²) in [6.07, 6.45) is 1.81. The molecule has 2 N–H and O–H groups in total. The van der Waals surface area contributed by atoms with E-state index in [1.807, 2.05) is 6.92 Å². The molecule has 62 valence electrons. The Kier molecular flexibility index (Phi) is 2.86. The van der Waals surface area contributed by atoms with Gasteiger partial charge in [0.1, 0.15) is 0 Å². The van der Waals surface area contributed by atoms with E-state index >= 15 is 0 Å². The second-order valence-electron chi connectivity index (χ2n) is 3.25. The zero-order valence-corrected chi connectivity index (χ0v) is 6.75. The van der Waals surface area contributed by atoms with Crippen molar-refractivity contribution in [1.82, 2.24) is 5.32 Å². The lowest BCUT2D eigenvalue weighted by Gasteiger charge is -2.30. The summed E-state index contributed by atoms with van der Waals surface area (Å²) >= 11 is 0. The van der Waals surface area contributed by atoms with Crippen LogP contribution in [0.15, 0.2) is 0 Å². The largest absolute Gasteiger partial charge is 0.393 e. The third-order valence-corrected chi connectivity index (χ3v) is 2.04. The number of piperidine rings is 1. The summed E-state index contributed by atoms with van der Waals surface area (Å²) in [5.74, 6) is 0. The van der Waals surface area contributed by atoms with Gasteiger partial charge in [0.2, 0.25) is 0 Å². The Hall–Kier alpha value is -0.590. The quantitative estimate of drug-likeness (QED) is 0.575. The van der Waals surface area contributed by atoms with E-state index in [4.69, 9.17) is 5.26 Å². The van der Waals surface area contributed by atoms with E-state index in [1.165, 1.54) is 0 Å². The molecule has 0 aromatic rings. The molecule has 1 heterocycles. The van der Waals surface area contributed by atoms with Crippen LogP contribution in [0.5, 0.6) is 0 Å². The molecule has 1 fully saturated rings. The van der Waals surface area contributed by atoms with Gasteiger partial charge in [0.25, 0.3) is 0 Å². The summed E-state index contributed by atoms with van der Waals surface area (Å²) in [5.41, 5.74) is 0. The van der Waals surface area contributed by atoms with Crippen LogP contribution in [-0.2, 0) is 0 Å². The lowest BCUT2D eigenvalue weighted by Crippen LogP contribution is -2.45. The molecular formula is C8H14N2O. The monoisotopic (exact) mass is 154 g/mol. The zero-order chi connectivity index (χ0) is 8.27. The molecule has 3 unspecified atom stereocenters. The number of nitriles is 1. The van der Waals surface area contributed by atoms with Crippen LogP contribution in [0, 0.1) is 11.3 Å². The molecule has 1 saturated heterocycles. The first-order chi connectivity index (χ1) is 5.22. The van der Waals surface area contributed by atoms with Crippen LogP contribution in [0.1, 0.15) is 26.2 Å². The fourth-order valence-electron chi connectivity index (χ4n) is 1.62. The van der Waals surface area contributed by atoms with Gasteiger partial charge in [-0.1, -0.05) is 0 Å². The highest BCUT2D eigenvalue weighted by atomic mass is 16.3. The van der Waals surface area contributed by atoms with Gasteiger partial charge in [0.05, 0.1) is 18.6 Å². The van der Waals surface area contributed by atoms with Crippen LogP contribution in [0.4, 0.5) is 0 Å². The number of nitrogens with zero attached hydrogens (tertiary/aromatic N) is 1. The Morgan fingerprint density at radius 3 is 2.91 bits per heavy atom. The Morgan fingerprint density at radius 2 is 2.36 bits per heavy atom. The molecule has 3 heteroatoms. The second kappa shape index (κ2) is 3.70. The topological polar surface area (TPSA) is 56.0 Å². The van der Waals surface area contributed by atoms with E-state index in [0.29, 0.717) is 12.5 Å². The fraction of sp³-hybridized carbons (Fsp3) is 0.875. The van der Waals surface area contributed by atoms with Crippen LogP contribution >= 0.6 is 0 Å². The van der Waals surface area contributed by atoms with Gasteiger partial charge in [-0.25, -0.2) is 0 Å². The normalized spacial score (nSPS) is 38.1. The van der Waals surface area contributed by atoms with Crippen molar-refractivity contribution in [3.05, 3.63) is 0 Å². The van der Waals surface area contributed by atoms with Crippen molar-refractivity contribution < 1.29 is 5.11 Å². The Bertz CT molecular complexity index is 154. The van der Waals surface area contributed by atoms with Crippen molar-refractivity contribution in [3.63, 3.8) is 0 Å². The van der Waals surface area contributed by atoms with Gasteiger partial charge in [-0.2, -0.15) is 5.26 Å². The molecule has 0 spiro atoms. The fourth-order valence-corrected chi connectivity index (χ4v) is 1.62. The highest BCUT2D eigenvalue weighted by Gasteiger charge is 2.23. The average molecular weight is 154 g/mol. The van der Waals surface area contributed by atoms with Crippen molar-refractivity contribution in [2.75, 3.05) is 0 Å². The maximum absolute atomic E-state index is 9.33. The molecule has 3 atom stereocenters. The Morgan fingerprint density at radius 1 is 1.64 bits per heavy atom. The maximum atomic E-state index is 9.33. The molecule has 3 nitrogen and oxygen atoms in total. The first kappa shape index (κ1) is 8.51. The first-order valence-corrected chi connectivity index (χ1v) is 4.03. The second-order valence-corrected chi connectivity index (χ2v) is 3.25. The van der Waals surface area contributed by atoms with E-state index < -0.39 is 0 Å². The number of hydrogen-bond donors (Lipinski definition) is 2. The number of nitrogens with one attached hydrogen (secondary N) is 1. The van der Waals surface area contributed by atoms with Crippen molar-refractivity contribution in [2.24, 2.45) is 0 Å². The summed E-state index contributed by atoms with van der Waals surface area (Å²) < 4.78 is 0. The lowest BCUT2D eigenvalue weighted by molar-refractivity contribution is 0.0985. The molecule has 1 aliphatic heterocycles. The smallest absolute Gasteiger partial charge is 0.0638 e. The minimum Gasteiger partial charge on any atom is -0.393 e. The molecule has 0 bridgehead atoms. The van der Waals surface area contributed by atoms with Crippen molar-refractivity contribution in [1.29, 1.82) is 5.26 Å². The SMILES string of the molecule is CC1CC(O)CC(CC#N)N1. The van der Waals surface area contributed by atoms with E-state index in [9.17, 15) is 5.11 Å². The molecule has 11 heavy (non-hydrogen) atoms. The van der Waals surface area contributed by atoms with E-state index in [0.717, 1.165) is 12.8 Å². The molecule has 0 aromatic carbocycles. The van der Waals surface area contributed by atoms with Crippen molar-refractivity contribution in [3.8, 4) is 6.07 Å². The highest BCUT2D eigenvalue weighted by Crippen LogP contribution is 2.14. The van der Waals surface area contributed by atoms with Crippen LogP contribution in [0.25, 0.3) is 0 Å². The predicted octanol–water partition coefficient (Wildman–Crippen LogP) is 0.401. The molecular weight excluding hydrogens is 140 g/mol. The van der Waals surface area contributed by atoms with Gasteiger partial charge in [-0.05, 0) is 19.8 Å². The molecule has 0 amide bonds. The van der Waals surface area contributed by atoms with Crippen LogP contribution in [0.3, 0.4) is 0 Å². The number of aliphatic hydroxyl groups is 1. The summed E-state index contributed by atoms with van der Waals surface area (Å²) in [7, 11) is 0. The van der Waals surface area contributed by atoms with Crippen LogP contribution < -0.4 is 5.32 Å². The Labute approximate surface area is 67.0 Å². The summed E-state index contributed by atoms with van der Waals surface area (Å²) in [4.78, 5) is 0. The van der Waals surface area contributed by atoms with E-state index in [-0.39, 0.29) is 12.1 Å². The number of rotatable bonds is 1. The molecule has 0 aromatic heterocycles. The van der Waals surface area contributed by atoms with Gasteiger partial charge in [0, 0.05) is 12.1 Å². The van der Waals surface area contributed by atoms with Gasteiger partial charge in [-0.15, -0.1) is 0 Å². The maximum Gasteiger partial charge on any atom is 0.0638 e. The van der Waals surface area contributed by atoms with Gasteiger partial charge in [-0.3, -0.25) is 0 Å². The molecule has 1 rings (SSSR count).